The molecule has 1 aliphatic rings. The van der Waals surface area contributed by atoms with Crippen molar-refractivity contribution in [1.29, 1.82) is 0 Å². The lowest BCUT2D eigenvalue weighted by molar-refractivity contribution is 0.0645. The van der Waals surface area contributed by atoms with Gasteiger partial charge in [0, 0.05) is 24.8 Å². The summed E-state index contributed by atoms with van der Waals surface area (Å²) in [5, 5.41) is 10.0. The summed E-state index contributed by atoms with van der Waals surface area (Å²) in [7, 11) is 1.73. The van der Waals surface area contributed by atoms with E-state index < -0.39 is 6.10 Å². The highest BCUT2D eigenvalue weighted by atomic mass is 16.5. The smallest absolute Gasteiger partial charge is 0.253 e. The molecule has 5 heteroatoms. The fourth-order valence-electron chi connectivity index (χ4n) is 2.71. The molecule has 132 valence electrons. The van der Waals surface area contributed by atoms with Crippen LogP contribution in [0.3, 0.4) is 0 Å². The quantitative estimate of drug-likeness (QED) is 0.842. The second-order valence-corrected chi connectivity index (χ2v) is 6.71. The first-order valence-electron chi connectivity index (χ1n) is 8.61. The Balaban J connectivity index is 1.59. The molecule has 1 fully saturated rings. The number of hydrogen-bond acceptors (Lipinski definition) is 4. The van der Waals surface area contributed by atoms with Gasteiger partial charge in [-0.3, -0.25) is 9.78 Å². The van der Waals surface area contributed by atoms with Crippen LogP contribution in [-0.2, 0) is 6.61 Å². The van der Waals surface area contributed by atoms with Gasteiger partial charge < -0.3 is 14.7 Å². The minimum absolute atomic E-state index is 0.0847. The van der Waals surface area contributed by atoms with Crippen LogP contribution in [0.5, 0.6) is 5.75 Å². The van der Waals surface area contributed by atoms with E-state index in [4.69, 9.17) is 4.74 Å². The molecule has 0 bridgehead atoms. The van der Waals surface area contributed by atoms with Gasteiger partial charge in [-0.25, -0.2) is 0 Å². The molecule has 5 nitrogen and oxygen atoms in total. The summed E-state index contributed by atoms with van der Waals surface area (Å²) < 4.78 is 5.72. The molecule has 0 aliphatic heterocycles. The number of hydrogen-bond donors (Lipinski definition) is 1. The Kier molecular flexibility index (Phi) is 5.34. The predicted octanol–water partition coefficient (Wildman–Crippen LogP) is 2.81. The van der Waals surface area contributed by atoms with E-state index in [0.717, 1.165) is 24.1 Å². The van der Waals surface area contributed by atoms with Gasteiger partial charge >= 0.3 is 0 Å². The lowest BCUT2D eigenvalue weighted by atomic mass is 10.1. The van der Waals surface area contributed by atoms with E-state index in [1.165, 1.54) is 0 Å². The summed E-state index contributed by atoms with van der Waals surface area (Å²) in [5.41, 5.74) is 2.47. The first-order valence-corrected chi connectivity index (χ1v) is 8.61. The summed E-state index contributed by atoms with van der Waals surface area (Å²) in [4.78, 5) is 18.3. The van der Waals surface area contributed by atoms with E-state index in [1.54, 1.807) is 24.2 Å². The molecule has 1 amide bonds. The maximum absolute atomic E-state index is 12.6. The molecule has 1 aromatic heterocycles. The van der Waals surface area contributed by atoms with Crippen LogP contribution < -0.4 is 4.74 Å². The van der Waals surface area contributed by atoms with Gasteiger partial charge in [-0.05, 0) is 55.5 Å². The van der Waals surface area contributed by atoms with E-state index in [9.17, 15) is 9.90 Å². The van der Waals surface area contributed by atoms with Crippen molar-refractivity contribution in [2.75, 3.05) is 13.6 Å². The van der Waals surface area contributed by atoms with Crippen molar-refractivity contribution in [2.24, 2.45) is 5.92 Å². The maximum Gasteiger partial charge on any atom is 0.253 e. The molecular formula is C20H24N2O3. The second-order valence-electron chi connectivity index (χ2n) is 6.71. The van der Waals surface area contributed by atoms with Crippen LogP contribution in [0.4, 0.5) is 0 Å². The molecule has 1 atom stereocenters. The lowest BCUT2D eigenvalue weighted by Gasteiger charge is -2.21. The molecule has 0 saturated heterocycles. The highest BCUT2D eigenvalue weighted by Gasteiger charge is 2.31. The Morgan fingerprint density at radius 2 is 2.16 bits per heavy atom. The molecule has 1 heterocycles. The van der Waals surface area contributed by atoms with Crippen LogP contribution in [-0.4, -0.2) is 40.6 Å². The lowest BCUT2D eigenvalue weighted by Crippen LogP contribution is -2.35. The Morgan fingerprint density at radius 3 is 2.84 bits per heavy atom. The molecule has 1 N–H and O–H groups in total. The first-order chi connectivity index (χ1) is 12.0. The Bertz CT molecular complexity index is 726. The second kappa shape index (κ2) is 7.66. The number of aliphatic hydroxyl groups excluding tert-OH is 1. The minimum Gasteiger partial charge on any atom is -0.487 e. The largest absolute Gasteiger partial charge is 0.487 e. The van der Waals surface area contributed by atoms with E-state index in [0.29, 0.717) is 30.4 Å². The third kappa shape index (κ3) is 4.79. The molecule has 25 heavy (non-hydrogen) atoms. The maximum atomic E-state index is 12.6. The minimum atomic E-state index is -0.422. The van der Waals surface area contributed by atoms with Crippen molar-refractivity contribution in [3.63, 3.8) is 0 Å². The zero-order valence-electron chi connectivity index (χ0n) is 14.7. The number of benzene rings is 1. The van der Waals surface area contributed by atoms with E-state index in [2.05, 4.69) is 4.98 Å². The summed E-state index contributed by atoms with van der Waals surface area (Å²) >= 11 is 0. The number of aliphatic hydroxyl groups is 1. The van der Waals surface area contributed by atoms with Gasteiger partial charge in [-0.1, -0.05) is 12.1 Å². The molecule has 0 radical (unpaired) electrons. The van der Waals surface area contributed by atoms with Crippen molar-refractivity contribution >= 4 is 5.91 Å². The summed E-state index contributed by atoms with van der Waals surface area (Å²) in [5.74, 6) is 0.976. The summed E-state index contributed by atoms with van der Waals surface area (Å²) in [6.45, 7) is 2.68. The third-order valence-corrected chi connectivity index (χ3v) is 4.44. The number of likely N-dealkylation sites (N-methyl/N-ethyl adjacent to an activating group) is 1. The van der Waals surface area contributed by atoms with Crippen LogP contribution in [0.15, 0.2) is 42.6 Å². The molecule has 1 aliphatic carbocycles. The summed E-state index contributed by atoms with van der Waals surface area (Å²) in [6, 6.07) is 11.2. The molecule has 1 aromatic carbocycles. The monoisotopic (exact) mass is 340 g/mol. The normalized spacial score (nSPS) is 14.8. The number of nitrogens with zero attached hydrogens (tertiary/aromatic N) is 2. The Labute approximate surface area is 148 Å². The number of carbonyl (C=O) groups is 1. The fourth-order valence-corrected chi connectivity index (χ4v) is 2.71. The number of aromatic nitrogens is 1. The number of amides is 1. The molecule has 0 spiro atoms. The third-order valence-electron chi connectivity index (χ3n) is 4.44. The van der Waals surface area contributed by atoms with Crippen molar-refractivity contribution in [1.82, 2.24) is 9.88 Å². The predicted molar refractivity (Wildman–Crippen MR) is 95.4 cm³/mol. The van der Waals surface area contributed by atoms with Gasteiger partial charge in [-0.2, -0.15) is 0 Å². The van der Waals surface area contributed by atoms with E-state index >= 15 is 0 Å². The van der Waals surface area contributed by atoms with Crippen molar-refractivity contribution in [3.05, 3.63) is 59.4 Å². The van der Waals surface area contributed by atoms with Gasteiger partial charge in [0.25, 0.3) is 5.91 Å². The number of rotatable bonds is 7. The van der Waals surface area contributed by atoms with Gasteiger partial charge in [-0.15, -0.1) is 0 Å². The molecule has 3 rings (SSSR count). The van der Waals surface area contributed by atoms with Crippen LogP contribution >= 0.6 is 0 Å². The molecule has 2 aromatic rings. The van der Waals surface area contributed by atoms with Gasteiger partial charge in [0.15, 0.2) is 0 Å². The SMILES string of the molecule is Cc1ccc(OCc2cccc(C(=O)N(C)CC(O)C3CC3)c2)cn1. The number of aryl methyl sites for hydroxylation is 1. The molecule has 1 saturated carbocycles. The van der Waals surface area contributed by atoms with Crippen LogP contribution in [0.25, 0.3) is 0 Å². The van der Waals surface area contributed by atoms with Gasteiger partial charge in [0.1, 0.15) is 12.4 Å². The number of pyridine rings is 1. The van der Waals surface area contributed by atoms with Crippen molar-refractivity contribution in [3.8, 4) is 5.75 Å². The van der Waals surface area contributed by atoms with Crippen molar-refractivity contribution < 1.29 is 14.6 Å². The van der Waals surface area contributed by atoms with Gasteiger partial charge in [0.2, 0.25) is 0 Å². The average Bonchev–Trinajstić information content (AvgIpc) is 3.46. The van der Waals surface area contributed by atoms with E-state index in [1.807, 2.05) is 37.3 Å². The average molecular weight is 340 g/mol. The highest BCUT2D eigenvalue weighted by molar-refractivity contribution is 5.94. The topological polar surface area (TPSA) is 62.7 Å². The highest BCUT2D eigenvalue weighted by Crippen LogP contribution is 2.32. The van der Waals surface area contributed by atoms with Crippen LogP contribution in [0, 0.1) is 12.8 Å². The summed E-state index contributed by atoms with van der Waals surface area (Å²) in [6.07, 6.45) is 3.39. The number of carbonyl (C=O) groups excluding carboxylic acids is 1. The van der Waals surface area contributed by atoms with Gasteiger partial charge in [0.05, 0.1) is 12.3 Å². The van der Waals surface area contributed by atoms with Crippen LogP contribution in [0.1, 0.15) is 34.5 Å². The first kappa shape index (κ1) is 17.4. The van der Waals surface area contributed by atoms with E-state index in [-0.39, 0.29) is 5.91 Å². The molecule has 1 unspecified atom stereocenters. The standard InChI is InChI=1S/C20H24N2O3/c1-14-6-9-18(11-21-14)25-13-15-4-3-5-17(10-15)20(24)22(2)12-19(23)16-7-8-16/h3-6,9-11,16,19,23H,7-8,12-13H2,1-2H3. The Morgan fingerprint density at radius 1 is 1.36 bits per heavy atom. The van der Waals surface area contributed by atoms with Crippen LogP contribution in [0.2, 0.25) is 0 Å². The Hall–Kier alpha value is -2.40. The zero-order chi connectivity index (χ0) is 17.8. The molecular weight excluding hydrogens is 316 g/mol. The zero-order valence-corrected chi connectivity index (χ0v) is 14.7. The number of ether oxygens (including phenoxy) is 1. The van der Waals surface area contributed by atoms with Crippen molar-refractivity contribution in [2.45, 2.75) is 32.5 Å². The fraction of sp³-hybridized carbons (Fsp3) is 0.400.